The summed E-state index contributed by atoms with van der Waals surface area (Å²) < 4.78 is 41.3. The van der Waals surface area contributed by atoms with Gasteiger partial charge in [-0.25, -0.2) is 10.4 Å². The Bertz CT molecular complexity index is 1430. The number of oxazole rings is 1. The zero-order valence-electron chi connectivity index (χ0n) is 18.6. The average molecular weight is 492 g/mol. The number of hydrogen-bond donors (Lipinski definition) is 1. The molecule has 1 amide bonds. The lowest BCUT2D eigenvalue weighted by atomic mass is 10.1. The highest BCUT2D eigenvalue weighted by Gasteiger charge is 2.18. The summed E-state index contributed by atoms with van der Waals surface area (Å²) in [6.07, 6.45) is 4.25. The minimum Gasteiger partial charge on any atom is -0.497 e. The smallest absolute Gasteiger partial charge is 0.339 e. The van der Waals surface area contributed by atoms with Crippen molar-refractivity contribution in [1.82, 2.24) is 10.4 Å². The van der Waals surface area contributed by atoms with Crippen LogP contribution in [0.15, 0.2) is 99.8 Å². The molecule has 0 aliphatic carbocycles. The zero-order valence-corrected chi connectivity index (χ0v) is 19.4. The van der Waals surface area contributed by atoms with Crippen molar-refractivity contribution in [2.75, 3.05) is 7.11 Å². The molecule has 0 radical (unpaired) electrons. The lowest BCUT2D eigenvalue weighted by Gasteiger charge is -2.09. The van der Waals surface area contributed by atoms with Gasteiger partial charge in [0.2, 0.25) is 5.91 Å². The average Bonchev–Trinajstić information content (AvgIpc) is 3.40. The van der Waals surface area contributed by atoms with Gasteiger partial charge in [0.05, 0.1) is 25.9 Å². The summed E-state index contributed by atoms with van der Waals surface area (Å²) in [6.45, 7) is 0. The van der Waals surface area contributed by atoms with Crippen LogP contribution in [0.4, 0.5) is 0 Å². The normalized spacial score (nSPS) is 11.3. The molecule has 0 saturated carbocycles. The Morgan fingerprint density at radius 2 is 1.89 bits per heavy atom. The van der Waals surface area contributed by atoms with Gasteiger partial charge in [-0.15, -0.1) is 0 Å². The predicted molar refractivity (Wildman–Crippen MR) is 129 cm³/mol. The first-order valence-corrected chi connectivity index (χ1v) is 11.8. The number of nitrogens with one attached hydrogen (secondary N) is 1. The molecule has 0 aliphatic rings. The largest absolute Gasteiger partial charge is 0.497 e. The lowest BCUT2D eigenvalue weighted by molar-refractivity contribution is -0.120. The molecule has 0 atom stereocenters. The van der Waals surface area contributed by atoms with Crippen molar-refractivity contribution in [3.05, 3.63) is 96.5 Å². The van der Waals surface area contributed by atoms with Gasteiger partial charge in [0.15, 0.2) is 17.9 Å². The number of ether oxygens (including phenoxy) is 1. The molecule has 0 bridgehead atoms. The summed E-state index contributed by atoms with van der Waals surface area (Å²) in [6, 6.07) is 19.6. The molecule has 0 fully saturated rings. The number of benzene rings is 3. The summed E-state index contributed by atoms with van der Waals surface area (Å²) in [4.78, 5) is 16.0. The molecule has 0 saturated heterocycles. The minimum absolute atomic E-state index is 0.0286. The number of amides is 1. The molecule has 4 rings (SSSR count). The molecule has 0 spiro atoms. The number of carbonyl (C=O) groups excluding carboxylic acids is 1. The number of hydrazone groups is 1. The molecule has 0 unspecified atom stereocenters. The quantitative estimate of drug-likeness (QED) is 0.215. The van der Waals surface area contributed by atoms with E-state index in [1.165, 1.54) is 37.0 Å². The second-order valence-electron chi connectivity index (χ2n) is 7.29. The summed E-state index contributed by atoms with van der Waals surface area (Å²) in [5.74, 6) is 0.897. The third kappa shape index (κ3) is 6.12. The molecule has 1 N–H and O–H groups in total. The first kappa shape index (κ1) is 23.7. The Labute approximate surface area is 202 Å². The van der Waals surface area contributed by atoms with Crippen LogP contribution >= 0.6 is 0 Å². The molecule has 1 heterocycles. The van der Waals surface area contributed by atoms with Crippen LogP contribution in [0.3, 0.4) is 0 Å². The van der Waals surface area contributed by atoms with Crippen molar-refractivity contribution in [1.29, 1.82) is 0 Å². The fourth-order valence-corrected chi connectivity index (χ4v) is 4.11. The van der Waals surface area contributed by atoms with Gasteiger partial charge in [0.1, 0.15) is 10.6 Å². The van der Waals surface area contributed by atoms with Crippen molar-refractivity contribution in [2.45, 2.75) is 11.3 Å². The fourth-order valence-electron chi connectivity index (χ4n) is 3.15. The van der Waals surface area contributed by atoms with E-state index in [2.05, 4.69) is 15.5 Å². The molecule has 178 valence electrons. The number of para-hydroxylation sites is 1. The SMILES string of the molecule is COc1cccc(CC(=O)NN=Cc2ccccc2OS(=O)(=O)c2ccc(-c3cnco3)cc2)c1. The van der Waals surface area contributed by atoms with Gasteiger partial charge < -0.3 is 13.3 Å². The van der Waals surface area contributed by atoms with Crippen molar-refractivity contribution in [3.8, 4) is 22.8 Å². The van der Waals surface area contributed by atoms with Crippen LogP contribution < -0.4 is 14.3 Å². The Kier molecular flexibility index (Phi) is 7.22. The van der Waals surface area contributed by atoms with Crippen LogP contribution in [0.1, 0.15) is 11.1 Å². The number of methoxy groups -OCH3 is 1. The molecule has 0 aliphatic heterocycles. The van der Waals surface area contributed by atoms with Gasteiger partial charge in [-0.1, -0.05) is 24.3 Å². The van der Waals surface area contributed by atoms with Crippen molar-refractivity contribution >= 4 is 22.2 Å². The van der Waals surface area contributed by atoms with E-state index in [-0.39, 0.29) is 23.0 Å². The second-order valence-corrected chi connectivity index (χ2v) is 8.83. The summed E-state index contributed by atoms with van der Waals surface area (Å²) >= 11 is 0. The van der Waals surface area contributed by atoms with Crippen LogP contribution in [0.5, 0.6) is 11.5 Å². The van der Waals surface area contributed by atoms with E-state index < -0.39 is 10.1 Å². The van der Waals surface area contributed by atoms with Gasteiger partial charge in [-0.05, 0) is 54.1 Å². The topological polar surface area (TPSA) is 120 Å². The molecular weight excluding hydrogens is 470 g/mol. The van der Waals surface area contributed by atoms with E-state index in [0.29, 0.717) is 22.6 Å². The van der Waals surface area contributed by atoms with Gasteiger partial charge >= 0.3 is 10.1 Å². The maximum absolute atomic E-state index is 12.8. The highest BCUT2D eigenvalue weighted by molar-refractivity contribution is 7.87. The Morgan fingerprint density at radius 1 is 1.09 bits per heavy atom. The third-order valence-electron chi connectivity index (χ3n) is 4.87. The first-order valence-electron chi connectivity index (χ1n) is 10.4. The molecule has 1 aromatic heterocycles. The summed E-state index contributed by atoms with van der Waals surface area (Å²) in [5.41, 5.74) is 4.24. The van der Waals surface area contributed by atoms with Crippen LogP contribution in [-0.4, -0.2) is 32.6 Å². The van der Waals surface area contributed by atoms with Gasteiger partial charge in [0, 0.05) is 11.1 Å². The number of rotatable bonds is 9. The van der Waals surface area contributed by atoms with E-state index >= 15 is 0 Å². The van der Waals surface area contributed by atoms with E-state index in [0.717, 1.165) is 5.56 Å². The minimum atomic E-state index is -4.12. The zero-order chi connectivity index (χ0) is 24.7. The molecule has 4 aromatic rings. The molecule has 10 heteroatoms. The third-order valence-corrected chi connectivity index (χ3v) is 6.12. The first-order chi connectivity index (χ1) is 16.9. The number of hydrogen-bond acceptors (Lipinski definition) is 8. The number of aromatic nitrogens is 1. The Hall–Kier alpha value is -4.44. The number of nitrogens with zero attached hydrogens (tertiary/aromatic N) is 2. The lowest BCUT2D eigenvalue weighted by Crippen LogP contribution is -2.20. The van der Waals surface area contributed by atoms with Gasteiger partial charge in [-0.3, -0.25) is 4.79 Å². The summed E-state index contributed by atoms with van der Waals surface area (Å²) in [7, 11) is -2.56. The molecule has 9 nitrogen and oxygen atoms in total. The van der Waals surface area contributed by atoms with Crippen molar-refractivity contribution < 1.29 is 26.5 Å². The van der Waals surface area contributed by atoms with E-state index in [4.69, 9.17) is 13.3 Å². The second kappa shape index (κ2) is 10.7. The number of carbonyl (C=O) groups is 1. The summed E-state index contributed by atoms with van der Waals surface area (Å²) in [5, 5.41) is 3.94. The monoisotopic (exact) mass is 491 g/mol. The Morgan fingerprint density at radius 3 is 2.63 bits per heavy atom. The van der Waals surface area contributed by atoms with E-state index in [1.807, 2.05) is 0 Å². The maximum Gasteiger partial charge on any atom is 0.339 e. The van der Waals surface area contributed by atoms with Crippen molar-refractivity contribution in [2.24, 2.45) is 5.10 Å². The van der Waals surface area contributed by atoms with Crippen LogP contribution in [0.25, 0.3) is 11.3 Å². The molecular formula is C25H21N3O6S. The molecule has 3 aromatic carbocycles. The van der Waals surface area contributed by atoms with E-state index in [9.17, 15) is 13.2 Å². The van der Waals surface area contributed by atoms with Gasteiger partial charge in [-0.2, -0.15) is 13.5 Å². The van der Waals surface area contributed by atoms with Crippen LogP contribution in [0, 0.1) is 0 Å². The fraction of sp³-hybridized carbons (Fsp3) is 0.0800. The van der Waals surface area contributed by atoms with Crippen LogP contribution in [-0.2, 0) is 21.3 Å². The van der Waals surface area contributed by atoms with Gasteiger partial charge in [0.25, 0.3) is 0 Å². The van der Waals surface area contributed by atoms with E-state index in [1.54, 1.807) is 61.7 Å². The highest BCUT2D eigenvalue weighted by Crippen LogP contribution is 2.25. The Balaban J connectivity index is 1.42. The standard InChI is InChI=1S/C25H21N3O6S/c1-32-21-7-4-5-18(13-21)14-25(29)28-27-15-20-6-2-3-8-23(20)34-35(30,31)22-11-9-19(10-12-22)24-16-26-17-33-24/h2-13,15-17H,14H2,1H3,(H,28,29). The highest BCUT2D eigenvalue weighted by atomic mass is 32.2. The van der Waals surface area contributed by atoms with Crippen LogP contribution in [0.2, 0.25) is 0 Å². The molecule has 35 heavy (non-hydrogen) atoms. The maximum atomic E-state index is 12.8. The predicted octanol–water partition coefficient (Wildman–Crippen LogP) is 3.81. The van der Waals surface area contributed by atoms with Crippen molar-refractivity contribution in [3.63, 3.8) is 0 Å².